The molecule has 1 heterocycles. The molecule has 0 saturated carbocycles. The maximum Gasteiger partial charge on any atom is 0.240 e. The van der Waals surface area contributed by atoms with Crippen molar-refractivity contribution in [2.45, 2.75) is 18.7 Å². The number of aryl methyl sites for hydroxylation is 1. The molecule has 26 heavy (non-hydrogen) atoms. The van der Waals surface area contributed by atoms with Crippen molar-refractivity contribution in [2.75, 3.05) is 24.8 Å². The minimum atomic E-state index is -3.64. The lowest BCUT2D eigenvalue weighted by molar-refractivity contribution is -0.116. The number of ether oxygens (including phenoxy) is 2. The Morgan fingerprint density at radius 1 is 1.15 bits per heavy atom. The number of anilines is 1. The minimum absolute atomic E-state index is 0.0880. The molecule has 1 aliphatic heterocycles. The van der Waals surface area contributed by atoms with Crippen LogP contribution in [0.15, 0.2) is 47.4 Å². The molecule has 0 bridgehead atoms. The fraction of sp³-hybridized carbons (Fsp3) is 0.278. The van der Waals surface area contributed by atoms with Gasteiger partial charge in [-0.25, -0.2) is 13.1 Å². The molecular weight excluding hydrogens is 356 g/mol. The third-order valence-electron chi connectivity index (χ3n) is 4.06. The maximum absolute atomic E-state index is 12.4. The van der Waals surface area contributed by atoms with Gasteiger partial charge in [0.15, 0.2) is 11.5 Å². The van der Waals surface area contributed by atoms with E-state index >= 15 is 0 Å². The molecule has 1 aliphatic rings. The summed E-state index contributed by atoms with van der Waals surface area (Å²) in [5.74, 6) is 0.991. The first-order chi connectivity index (χ1) is 12.4. The van der Waals surface area contributed by atoms with Gasteiger partial charge in [-0.2, -0.15) is 0 Å². The van der Waals surface area contributed by atoms with E-state index in [1.807, 2.05) is 0 Å². The molecule has 0 unspecified atom stereocenters. The number of sulfonamides is 1. The van der Waals surface area contributed by atoms with E-state index in [9.17, 15) is 13.2 Å². The topological polar surface area (TPSA) is 84.9 Å². The third-order valence-corrected chi connectivity index (χ3v) is 5.68. The number of fused-ring (bicyclic) bond motifs is 1. The van der Waals surface area contributed by atoms with E-state index in [0.29, 0.717) is 22.7 Å². The predicted octanol–water partition coefficient (Wildman–Crippen LogP) is 2.06. The highest BCUT2D eigenvalue weighted by molar-refractivity contribution is 7.89. The number of benzene rings is 2. The van der Waals surface area contributed by atoms with Gasteiger partial charge >= 0.3 is 0 Å². The summed E-state index contributed by atoms with van der Waals surface area (Å²) in [7, 11) is -3.64. The zero-order valence-corrected chi connectivity index (χ0v) is 15.4. The SMILES string of the molecule is CC(=O)N(CCNS(=O)(=O)c1ccccc1C)c1ccc2c(c1)OCO2. The molecule has 3 rings (SSSR count). The lowest BCUT2D eigenvalue weighted by Crippen LogP contribution is -2.37. The van der Waals surface area contributed by atoms with Crippen LogP contribution in [0.25, 0.3) is 0 Å². The Morgan fingerprint density at radius 2 is 1.88 bits per heavy atom. The standard InChI is InChI=1S/C18H20N2O5S/c1-13-5-3-4-6-18(13)26(22,23)19-9-10-20(14(2)21)15-7-8-16-17(11-15)25-12-24-16/h3-8,11,19H,9-10,12H2,1-2H3. The summed E-state index contributed by atoms with van der Waals surface area (Å²) in [6.45, 7) is 3.60. The van der Waals surface area contributed by atoms with Crippen LogP contribution in [0.2, 0.25) is 0 Å². The summed E-state index contributed by atoms with van der Waals surface area (Å²) in [4.78, 5) is 13.7. The number of hydrogen-bond acceptors (Lipinski definition) is 5. The summed E-state index contributed by atoms with van der Waals surface area (Å²) in [6.07, 6.45) is 0. The van der Waals surface area contributed by atoms with Crippen LogP contribution in [0.1, 0.15) is 12.5 Å². The first kappa shape index (κ1) is 18.2. The van der Waals surface area contributed by atoms with Crippen LogP contribution in [0.3, 0.4) is 0 Å². The summed E-state index contributed by atoms with van der Waals surface area (Å²) >= 11 is 0. The van der Waals surface area contributed by atoms with Crippen LogP contribution in [-0.4, -0.2) is 34.2 Å². The van der Waals surface area contributed by atoms with Crippen molar-refractivity contribution >= 4 is 21.6 Å². The first-order valence-electron chi connectivity index (χ1n) is 8.11. The number of nitrogens with one attached hydrogen (secondary N) is 1. The van der Waals surface area contributed by atoms with Crippen molar-refractivity contribution in [2.24, 2.45) is 0 Å². The average Bonchev–Trinajstić information content (AvgIpc) is 3.06. The van der Waals surface area contributed by atoms with E-state index in [4.69, 9.17) is 9.47 Å². The van der Waals surface area contributed by atoms with Crippen molar-refractivity contribution in [1.82, 2.24) is 4.72 Å². The van der Waals surface area contributed by atoms with Crippen LogP contribution in [0.5, 0.6) is 11.5 Å². The van der Waals surface area contributed by atoms with Gasteiger partial charge in [0, 0.05) is 31.8 Å². The Balaban J connectivity index is 1.70. The van der Waals surface area contributed by atoms with Gasteiger partial charge in [0.25, 0.3) is 0 Å². The maximum atomic E-state index is 12.4. The summed E-state index contributed by atoms with van der Waals surface area (Å²) in [5.41, 5.74) is 1.29. The van der Waals surface area contributed by atoms with E-state index in [0.717, 1.165) is 0 Å². The summed E-state index contributed by atoms with van der Waals surface area (Å²) in [6, 6.07) is 11.9. The number of hydrogen-bond donors (Lipinski definition) is 1. The fourth-order valence-electron chi connectivity index (χ4n) is 2.75. The molecule has 0 fully saturated rings. The van der Waals surface area contributed by atoms with Crippen molar-refractivity contribution in [3.63, 3.8) is 0 Å². The third kappa shape index (κ3) is 3.81. The smallest absolute Gasteiger partial charge is 0.240 e. The number of carbonyl (C=O) groups is 1. The molecule has 2 aromatic rings. The molecule has 138 valence electrons. The second-order valence-corrected chi connectivity index (χ2v) is 7.61. The fourth-order valence-corrected chi connectivity index (χ4v) is 4.01. The molecule has 0 saturated heterocycles. The van der Waals surface area contributed by atoms with E-state index in [1.54, 1.807) is 49.4 Å². The molecule has 1 N–H and O–H groups in total. The predicted molar refractivity (Wildman–Crippen MR) is 97.0 cm³/mol. The van der Waals surface area contributed by atoms with Gasteiger partial charge in [-0.1, -0.05) is 18.2 Å². The molecule has 0 atom stereocenters. The van der Waals surface area contributed by atoms with Crippen molar-refractivity contribution in [3.05, 3.63) is 48.0 Å². The van der Waals surface area contributed by atoms with Gasteiger partial charge in [-0.3, -0.25) is 4.79 Å². The molecule has 0 spiro atoms. The number of carbonyl (C=O) groups excluding carboxylic acids is 1. The second-order valence-electron chi connectivity index (χ2n) is 5.87. The molecule has 0 radical (unpaired) electrons. The highest BCUT2D eigenvalue weighted by Crippen LogP contribution is 2.35. The van der Waals surface area contributed by atoms with E-state index < -0.39 is 10.0 Å². The second kappa shape index (κ2) is 7.35. The molecular formula is C18H20N2O5S. The van der Waals surface area contributed by atoms with Crippen molar-refractivity contribution < 1.29 is 22.7 Å². The van der Waals surface area contributed by atoms with Gasteiger partial charge in [0.2, 0.25) is 22.7 Å². The van der Waals surface area contributed by atoms with Crippen molar-refractivity contribution in [3.8, 4) is 11.5 Å². The molecule has 0 aliphatic carbocycles. The van der Waals surface area contributed by atoms with E-state index in [1.165, 1.54) is 11.8 Å². The zero-order chi connectivity index (χ0) is 18.7. The Labute approximate surface area is 152 Å². The largest absolute Gasteiger partial charge is 0.454 e. The molecule has 7 nitrogen and oxygen atoms in total. The summed E-state index contributed by atoms with van der Waals surface area (Å²) < 4.78 is 38.0. The lowest BCUT2D eigenvalue weighted by Gasteiger charge is -2.21. The number of amides is 1. The molecule has 0 aromatic heterocycles. The quantitative estimate of drug-likeness (QED) is 0.834. The first-order valence-corrected chi connectivity index (χ1v) is 9.60. The minimum Gasteiger partial charge on any atom is -0.454 e. The molecule has 8 heteroatoms. The van der Waals surface area contributed by atoms with Gasteiger partial charge in [-0.15, -0.1) is 0 Å². The van der Waals surface area contributed by atoms with Gasteiger partial charge in [-0.05, 0) is 30.7 Å². The van der Waals surface area contributed by atoms with Gasteiger partial charge in [0.1, 0.15) is 0 Å². The Hall–Kier alpha value is -2.58. The van der Waals surface area contributed by atoms with Crippen LogP contribution in [0.4, 0.5) is 5.69 Å². The molecule has 1 amide bonds. The van der Waals surface area contributed by atoms with Crippen LogP contribution >= 0.6 is 0 Å². The van der Waals surface area contributed by atoms with E-state index in [2.05, 4.69) is 4.72 Å². The summed E-state index contributed by atoms with van der Waals surface area (Å²) in [5, 5.41) is 0. The Morgan fingerprint density at radius 3 is 2.62 bits per heavy atom. The van der Waals surface area contributed by atoms with Crippen LogP contribution < -0.4 is 19.1 Å². The Kier molecular flexibility index (Phi) is 5.15. The number of rotatable bonds is 6. The van der Waals surface area contributed by atoms with Gasteiger partial charge in [0.05, 0.1) is 4.90 Å². The van der Waals surface area contributed by atoms with Crippen molar-refractivity contribution in [1.29, 1.82) is 0 Å². The van der Waals surface area contributed by atoms with Gasteiger partial charge < -0.3 is 14.4 Å². The van der Waals surface area contributed by atoms with E-state index in [-0.39, 0.29) is 30.7 Å². The monoisotopic (exact) mass is 376 g/mol. The normalized spacial score (nSPS) is 12.8. The average molecular weight is 376 g/mol. The number of nitrogens with zero attached hydrogens (tertiary/aromatic N) is 1. The lowest BCUT2D eigenvalue weighted by atomic mass is 10.2. The van der Waals surface area contributed by atoms with Crippen LogP contribution in [-0.2, 0) is 14.8 Å². The van der Waals surface area contributed by atoms with Crippen LogP contribution in [0, 0.1) is 6.92 Å². The molecule has 2 aromatic carbocycles. The highest BCUT2D eigenvalue weighted by Gasteiger charge is 2.20. The Bertz CT molecular complexity index is 927. The highest BCUT2D eigenvalue weighted by atomic mass is 32.2. The zero-order valence-electron chi connectivity index (χ0n) is 14.6.